The summed E-state index contributed by atoms with van der Waals surface area (Å²) in [5, 5.41) is 6.21. The molecule has 8 heteroatoms. The molecule has 1 aliphatic heterocycles. The van der Waals surface area contributed by atoms with Gasteiger partial charge >= 0.3 is 0 Å². The number of ether oxygens (including phenoxy) is 2. The van der Waals surface area contributed by atoms with Crippen LogP contribution < -0.4 is 20.1 Å². The second-order valence-corrected chi connectivity index (χ2v) is 7.50. The first kappa shape index (κ1) is 18.2. The molecule has 0 fully saturated rings. The molecule has 4 rings (SSSR count). The molecule has 28 heavy (non-hydrogen) atoms. The van der Waals surface area contributed by atoms with Crippen molar-refractivity contribution in [2.24, 2.45) is 0 Å². The number of carbonyl (C=O) groups is 2. The number of hydrogen-bond donors (Lipinski definition) is 2. The van der Waals surface area contributed by atoms with Crippen molar-refractivity contribution < 1.29 is 19.1 Å². The topological polar surface area (TPSA) is 89.6 Å². The van der Waals surface area contributed by atoms with Crippen molar-refractivity contribution in [3.05, 3.63) is 47.5 Å². The Morgan fingerprint density at radius 1 is 1.11 bits per heavy atom. The van der Waals surface area contributed by atoms with Gasteiger partial charge in [-0.2, -0.15) is 0 Å². The zero-order chi connectivity index (χ0) is 19.5. The Kier molecular flexibility index (Phi) is 5.12. The van der Waals surface area contributed by atoms with Crippen LogP contribution in [0.2, 0.25) is 0 Å². The minimum Gasteiger partial charge on any atom is -0.454 e. The number of rotatable bonds is 6. The third kappa shape index (κ3) is 4.23. The van der Waals surface area contributed by atoms with E-state index in [1.165, 1.54) is 18.3 Å². The molecule has 1 aliphatic rings. The van der Waals surface area contributed by atoms with Crippen molar-refractivity contribution in [3.8, 4) is 11.5 Å². The third-order valence-corrected chi connectivity index (χ3v) is 5.24. The predicted molar refractivity (Wildman–Crippen MR) is 107 cm³/mol. The van der Waals surface area contributed by atoms with Crippen LogP contribution in [0.15, 0.2) is 36.4 Å². The molecular weight excluding hydrogens is 378 g/mol. The Labute approximate surface area is 165 Å². The first-order valence-electron chi connectivity index (χ1n) is 8.89. The number of aromatic nitrogens is 1. The molecule has 7 nitrogen and oxygen atoms in total. The molecule has 0 radical (unpaired) electrons. The summed E-state index contributed by atoms with van der Waals surface area (Å²) in [6, 6.07) is 11.5. The summed E-state index contributed by atoms with van der Waals surface area (Å²) in [6.45, 7) is 2.14. The maximum Gasteiger partial charge on any atom is 0.231 e. The zero-order valence-corrected chi connectivity index (χ0v) is 16.1. The molecule has 0 aliphatic carbocycles. The van der Waals surface area contributed by atoms with Crippen LogP contribution in [-0.2, 0) is 22.6 Å². The first-order chi connectivity index (χ1) is 13.6. The van der Waals surface area contributed by atoms with E-state index in [4.69, 9.17) is 9.47 Å². The van der Waals surface area contributed by atoms with Crippen molar-refractivity contribution >= 4 is 38.5 Å². The van der Waals surface area contributed by atoms with Gasteiger partial charge in [0, 0.05) is 19.9 Å². The Bertz CT molecular complexity index is 1050. The molecule has 144 valence electrons. The number of nitrogens with one attached hydrogen (secondary N) is 2. The summed E-state index contributed by atoms with van der Waals surface area (Å²) in [5.41, 5.74) is 2.86. The number of carbonyl (C=O) groups excluding carboxylic acids is 2. The first-order valence-corrected chi connectivity index (χ1v) is 9.71. The lowest BCUT2D eigenvalue weighted by molar-refractivity contribution is -0.121. The predicted octanol–water partition coefficient (Wildman–Crippen LogP) is 3.23. The third-order valence-electron chi connectivity index (χ3n) is 4.30. The van der Waals surface area contributed by atoms with Gasteiger partial charge < -0.3 is 20.1 Å². The van der Waals surface area contributed by atoms with E-state index in [9.17, 15) is 9.59 Å². The maximum atomic E-state index is 12.2. The molecule has 0 spiro atoms. The summed E-state index contributed by atoms with van der Waals surface area (Å²) in [4.78, 5) is 27.7. The van der Waals surface area contributed by atoms with E-state index in [1.54, 1.807) is 0 Å². The molecule has 0 saturated carbocycles. The Morgan fingerprint density at radius 2 is 1.93 bits per heavy atom. The highest BCUT2D eigenvalue weighted by atomic mass is 32.1. The summed E-state index contributed by atoms with van der Waals surface area (Å²) in [6.07, 6.45) is 1.03. The van der Waals surface area contributed by atoms with Gasteiger partial charge in [0.15, 0.2) is 16.6 Å². The number of aryl methyl sites for hydroxylation is 1. The van der Waals surface area contributed by atoms with Crippen molar-refractivity contribution in [1.82, 2.24) is 10.3 Å². The van der Waals surface area contributed by atoms with Gasteiger partial charge in [-0.25, -0.2) is 4.98 Å². The van der Waals surface area contributed by atoms with Crippen molar-refractivity contribution in [2.45, 2.75) is 26.3 Å². The smallest absolute Gasteiger partial charge is 0.231 e. The number of anilines is 1. The number of benzene rings is 2. The lowest BCUT2D eigenvalue weighted by atomic mass is 10.1. The summed E-state index contributed by atoms with van der Waals surface area (Å²) in [5.74, 6) is 1.29. The zero-order valence-electron chi connectivity index (χ0n) is 15.3. The fourth-order valence-corrected chi connectivity index (χ4v) is 3.90. The van der Waals surface area contributed by atoms with Crippen LogP contribution >= 0.6 is 11.3 Å². The minimum atomic E-state index is -0.140. The van der Waals surface area contributed by atoms with Gasteiger partial charge in [0.1, 0.15) is 0 Å². The van der Waals surface area contributed by atoms with E-state index in [1.807, 2.05) is 36.4 Å². The van der Waals surface area contributed by atoms with Gasteiger partial charge in [-0.3, -0.25) is 9.59 Å². The quantitative estimate of drug-likeness (QED) is 0.667. The van der Waals surface area contributed by atoms with E-state index in [0.29, 0.717) is 30.3 Å². The fraction of sp³-hybridized carbons (Fsp3) is 0.250. The normalized spacial score (nSPS) is 12.2. The van der Waals surface area contributed by atoms with E-state index >= 15 is 0 Å². The average Bonchev–Trinajstić information content (AvgIpc) is 3.29. The van der Waals surface area contributed by atoms with Gasteiger partial charge in [-0.15, -0.1) is 0 Å². The maximum absolute atomic E-state index is 12.2. The number of hydrogen-bond acceptors (Lipinski definition) is 6. The van der Waals surface area contributed by atoms with Crippen molar-refractivity contribution in [1.29, 1.82) is 0 Å². The summed E-state index contributed by atoms with van der Waals surface area (Å²) < 4.78 is 11.6. The molecule has 0 bridgehead atoms. The average molecular weight is 397 g/mol. The van der Waals surface area contributed by atoms with Gasteiger partial charge in [0.05, 0.1) is 10.2 Å². The van der Waals surface area contributed by atoms with Crippen LogP contribution in [-0.4, -0.2) is 23.6 Å². The van der Waals surface area contributed by atoms with Crippen LogP contribution in [0.4, 0.5) is 5.13 Å². The Hall–Kier alpha value is -3.13. The molecule has 2 N–H and O–H groups in total. The SMILES string of the molecule is CC(=O)Nc1nc2ccc(CCC(=O)NCc3ccc4c(c3)OCO4)cc2s1. The highest BCUT2D eigenvalue weighted by Gasteiger charge is 2.13. The standard InChI is InChI=1S/C20H19N3O4S/c1-12(24)22-20-23-15-5-2-13(9-18(15)28-20)4-7-19(25)21-10-14-3-6-16-17(8-14)27-11-26-16/h2-3,5-6,8-9H,4,7,10-11H2,1H3,(H,21,25)(H,22,23,24). The molecule has 0 unspecified atom stereocenters. The number of thiazole rings is 1. The molecule has 3 aromatic rings. The van der Waals surface area contributed by atoms with E-state index in [2.05, 4.69) is 15.6 Å². The fourth-order valence-electron chi connectivity index (χ4n) is 2.93. The molecule has 0 saturated heterocycles. The van der Waals surface area contributed by atoms with Crippen molar-refractivity contribution in [2.75, 3.05) is 12.1 Å². The van der Waals surface area contributed by atoms with Crippen LogP contribution in [0, 0.1) is 0 Å². The molecular formula is C20H19N3O4S. The number of amides is 2. The lowest BCUT2D eigenvalue weighted by Gasteiger charge is -2.06. The Morgan fingerprint density at radius 3 is 2.79 bits per heavy atom. The minimum absolute atomic E-state index is 0.0130. The van der Waals surface area contributed by atoms with Crippen LogP contribution in [0.25, 0.3) is 10.2 Å². The van der Waals surface area contributed by atoms with Crippen molar-refractivity contribution in [3.63, 3.8) is 0 Å². The molecule has 0 atom stereocenters. The highest BCUT2D eigenvalue weighted by molar-refractivity contribution is 7.22. The van der Waals surface area contributed by atoms with Gasteiger partial charge in [-0.05, 0) is 41.8 Å². The van der Waals surface area contributed by atoms with Gasteiger partial charge in [0.25, 0.3) is 0 Å². The van der Waals surface area contributed by atoms with E-state index < -0.39 is 0 Å². The second-order valence-electron chi connectivity index (χ2n) is 6.47. The molecule has 1 aromatic heterocycles. The van der Waals surface area contributed by atoms with Gasteiger partial charge in [-0.1, -0.05) is 23.5 Å². The van der Waals surface area contributed by atoms with Gasteiger partial charge in [0.2, 0.25) is 18.6 Å². The second kappa shape index (κ2) is 7.85. The van der Waals surface area contributed by atoms with Crippen LogP contribution in [0.3, 0.4) is 0 Å². The monoisotopic (exact) mass is 397 g/mol. The lowest BCUT2D eigenvalue weighted by Crippen LogP contribution is -2.22. The summed E-state index contributed by atoms with van der Waals surface area (Å²) in [7, 11) is 0. The molecule has 2 heterocycles. The molecule has 2 aromatic carbocycles. The van der Waals surface area contributed by atoms with E-state index in [0.717, 1.165) is 27.1 Å². The Balaban J connectivity index is 1.31. The number of fused-ring (bicyclic) bond motifs is 2. The van der Waals surface area contributed by atoms with Crippen LogP contribution in [0.5, 0.6) is 11.5 Å². The number of nitrogens with zero attached hydrogens (tertiary/aromatic N) is 1. The summed E-state index contributed by atoms with van der Waals surface area (Å²) >= 11 is 1.43. The molecule has 2 amide bonds. The van der Waals surface area contributed by atoms with Crippen LogP contribution in [0.1, 0.15) is 24.5 Å². The largest absolute Gasteiger partial charge is 0.454 e. The van der Waals surface area contributed by atoms with E-state index in [-0.39, 0.29) is 18.6 Å². The highest BCUT2D eigenvalue weighted by Crippen LogP contribution is 2.32.